The maximum atomic E-state index is 11.4. The molecule has 0 aromatic carbocycles. The summed E-state index contributed by atoms with van der Waals surface area (Å²) in [4.78, 5) is 11.4. The summed E-state index contributed by atoms with van der Waals surface area (Å²) in [5.74, 6) is 0.129. The van der Waals surface area contributed by atoms with Gasteiger partial charge in [-0.25, -0.2) is 0 Å². The summed E-state index contributed by atoms with van der Waals surface area (Å²) < 4.78 is 5.04. The Morgan fingerprint density at radius 3 is 2.75 bits per heavy atom. The fraction of sp³-hybridized carbons (Fsp3) is 0.900. The van der Waals surface area contributed by atoms with Crippen LogP contribution in [0.1, 0.15) is 40.0 Å². The average molecular weight is 170 g/mol. The highest BCUT2D eigenvalue weighted by molar-refractivity contribution is 5.74. The number of rotatable bonds is 2. The number of hydrogen-bond acceptors (Lipinski definition) is 2. The van der Waals surface area contributed by atoms with E-state index in [1.807, 2.05) is 0 Å². The predicted octanol–water partition coefficient (Wildman–Crippen LogP) is 2.38. The lowest BCUT2D eigenvalue weighted by Gasteiger charge is -2.36. The summed E-state index contributed by atoms with van der Waals surface area (Å²) in [6.45, 7) is 7.03. The van der Waals surface area contributed by atoms with Crippen molar-refractivity contribution >= 4 is 5.97 Å². The largest absolute Gasteiger partial charge is 0.465 e. The molecule has 1 aliphatic heterocycles. The lowest BCUT2D eigenvalue weighted by molar-refractivity contribution is -0.161. The monoisotopic (exact) mass is 170 g/mol. The molecule has 0 aromatic heterocycles. The van der Waals surface area contributed by atoms with E-state index in [2.05, 4.69) is 20.8 Å². The van der Waals surface area contributed by atoms with E-state index >= 15 is 0 Å². The zero-order valence-corrected chi connectivity index (χ0v) is 8.22. The normalized spacial score (nSPS) is 28.2. The number of esters is 1. The molecule has 1 fully saturated rings. The second-order valence-electron chi connectivity index (χ2n) is 4.25. The minimum Gasteiger partial charge on any atom is -0.465 e. The van der Waals surface area contributed by atoms with Gasteiger partial charge in [-0.2, -0.15) is 0 Å². The molecule has 1 rings (SSSR count). The Bertz CT molecular complexity index is 173. The third-order valence-corrected chi connectivity index (χ3v) is 2.80. The van der Waals surface area contributed by atoms with E-state index in [1.54, 1.807) is 0 Å². The van der Waals surface area contributed by atoms with Gasteiger partial charge in [0.1, 0.15) is 0 Å². The molecule has 2 heteroatoms. The average Bonchev–Trinajstić information content (AvgIpc) is 1.97. The van der Waals surface area contributed by atoms with Crippen molar-refractivity contribution in [2.24, 2.45) is 11.3 Å². The van der Waals surface area contributed by atoms with Gasteiger partial charge < -0.3 is 4.74 Å². The summed E-state index contributed by atoms with van der Waals surface area (Å²) in [5, 5.41) is 0. The lowest BCUT2D eigenvalue weighted by atomic mass is 9.73. The van der Waals surface area contributed by atoms with Crippen LogP contribution in [0.4, 0.5) is 0 Å². The molecule has 1 unspecified atom stereocenters. The van der Waals surface area contributed by atoms with E-state index in [-0.39, 0.29) is 17.3 Å². The summed E-state index contributed by atoms with van der Waals surface area (Å²) in [7, 11) is 0. The van der Waals surface area contributed by atoms with Crippen molar-refractivity contribution in [1.82, 2.24) is 0 Å². The quantitative estimate of drug-likeness (QED) is 0.595. The molecule has 0 N–H and O–H groups in total. The van der Waals surface area contributed by atoms with Crippen LogP contribution in [0.5, 0.6) is 0 Å². The smallest absolute Gasteiger partial charge is 0.309 e. The lowest BCUT2D eigenvalue weighted by Crippen LogP contribution is -2.38. The van der Waals surface area contributed by atoms with Gasteiger partial charge in [0.2, 0.25) is 0 Å². The highest BCUT2D eigenvalue weighted by Gasteiger charge is 2.38. The van der Waals surface area contributed by atoms with Crippen molar-refractivity contribution in [3.8, 4) is 0 Å². The maximum absolute atomic E-state index is 11.4. The van der Waals surface area contributed by atoms with Crippen molar-refractivity contribution in [1.29, 1.82) is 0 Å². The summed E-state index contributed by atoms with van der Waals surface area (Å²) >= 11 is 0. The van der Waals surface area contributed by atoms with Gasteiger partial charge in [0.05, 0.1) is 12.5 Å². The van der Waals surface area contributed by atoms with Gasteiger partial charge >= 0.3 is 5.97 Å². The van der Waals surface area contributed by atoms with Crippen molar-refractivity contribution in [2.75, 3.05) is 6.61 Å². The fourth-order valence-corrected chi connectivity index (χ4v) is 1.81. The topological polar surface area (TPSA) is 26.3 Å². The van der Waals surface area contributed by atoms with Crippen molar-refractivity contribution < 1.29 is 9.53 Å². The number of ether oxygens (including phenoxy) is 1. The van der Waals surface area contributed by atoms with Crippen LogP contribution < -0.4 is 0 Å². The van der Waals surface area contributed by atoms with Crippen molar-refractivity contribution in [2.45, 2.75) is 40.0 Å². The Balaban J connectivity index is 2.67. The zero-order valence-electron chi connectivity index (χ0n) is 8.22. The zero-order chi connectivity index (χ0) is 9.19. The fourth-order valence-electron chi connectivity index (χ4n) is 1.81. The second kappa shape index (κ2) is 3.46. The molecule has 0 bridgehead atoms. The molecule has 0 radical (unpaired) electrons. The first-order valence-corrected chi connectivity index (χ1v) is 4.74. The molecule has 70 valence electrons. The first kappa shape index (κ1) is 9.56. The molecule has 0 aliphatic carbocycles. The molecule has 1 heterocycles. The number of carbonyl (C=O) groups excluding carboxylic acids is 1. The molecule has 0 saturated carbocycles. The molecule has 1 atom stereocenters. The summed E-state index contributed by atoms with van der Waals surface area (Å²) in [6.07, 6.45) is 3.03. The van der Waals surface area contributed by atoms with E-state index in [0.717, 1.165) is 19.3 Å². The third-order valence-electron chi connectivity index (χ3n) is 2.80. The Hall–Kier alpha value is -0.530. The van der Waals surface area contributed by atoms with E-state index in [0.29, 0.717) is 6.61 Å². The van der Waals surface area contributed by atoms with Crippen molar-refractivity contribution in [3.63, 3.8) is 0 Å². The highest BCUT2D eigenvalue weighted by atomic mass is 16.5. The minimum absolute atomic E-state index is 0.00750. The van der Waals surface area contributed by atoms with E-state index in [4.69, 9.17) is 4.74 Å². The van der Waals surface area contributed by atoms with Crippen LogP contribution in [-0.4, -0.2) is 12.6 Å². The highest BCUT2D eigenvalue weighted by Crippen LogP contribution is 2.37. The van der Waals surface area contributed by atoms with E-state index in [9.17, 15) is 4.79 Å². The van der Waals surface area contributed by atoms with Gasteiger partial charge in [-0.15, -0.1) is 0 Å². The number of cyclic esters (lactones) is 1. The van der Waals surface area contributed by atoms with Gasteiger partial charge in [0, 0.05) is 0 Å². The van der Waals surface area contributed by atoms with Crippen LogP contribution in [0.15, 0.2) is 0 Å². The predicted molar refractivity (Wildman–Crippen MR) is 47.8 cm³/mol. The number of carbonyl (C=O) groups is 1. The van der Waals surface area contributed by atoms with Crippen LogP contribution in [-0.2, 0) is 9.53 Å². The maximum Gasteiger partial charge on any atom is 0.309 e. The number of hydrogen-bond donors (Lipinski definition) is 0. The van der Waals surface area contributed by atoms with E-state index in [1.165, 1.54) is 0 Å². The Labute approximate surface area is 74.3 Å². The molecule has 1 aliphatic rings. The first-order chi connectivity index (χ1) is 5.58. The van der Waals surface area contributed by atoms with Crippen molar-refractivity contribution in [3.05, 3.63) is 0 Å². The Kier molecular flexibility index (Phi) is 2.76. The standard InChI is InChI=1S/C10H18O2/c1-4-5-8-9(11)12-7-6-10(8,2)3/h8H,4-7H2,1-3H3. The van der Waals surface area contributed by atoms with Crippen LogP contribution in [0, 0.1) is 11.3 Å². The molecule has 0 amide bonds. The second-order valence-corrected chi connectivity index (χ2v) is 4.25. The van der Waals surface area contributed by atoms with Crippen LogP contribution in [0.3, 0.4) is 0 Å². The molecule has 0 aromatic rings. The Morgan fingerprint density at radius 1 is 1.58 bits per heavy atom. The molecule has 2 nitrogen and oxygen atoms in total. The van der Waals surface area contributed by atoms with Crippen LogP contribution in [0.2, 0.25) is 0 Å². The van der Waals surface area contributed by atoms with Gasteiger partial charge in [0.25, 0.3) is 0 Å². The Morgan fingerprint density at radius 2 is 2.25 bits per heavy atom. The molecule has 0 spiro atoms. The van der Waals surface area contributed by atoms with Gasteiger partial charge in [-0.1, -0.05) is 27.2 Å². The minimum atomic E-state index is 0.00750. The third kappa shape index (κ3) is 1.79. The van der Waals surface area contributed by atoms with Gasteiger partial charge in [0.15, 0.2) is 0 Å². The van der Waals surface area contributed by atoms with E-state index < -0.39 is 0 Å². The molecular weight excluding hydrogens is 152 g/mol. The molecule has 1 saturated heterocycles. The van der Waals surface area contributed by atoms with Gasteiger partial charge in [-0.05, 0) is 18.3 Å². The molecule has 12 heavy (non-hydrogen) atoms. The van der Waals surface area contributed by atoms with Crippen LogP contribution >= 0.6 is 0 Å². The summed E-state index contributed by atoms with van der Waals surface area (Å²) in [5.41, 5.74) is 0.144. The van der Waals surface area contributed by atoms with Crippen LogP contribution in [0.25, 0.3) is 0 Å². The summed E-state index contributed by atoms with van der Waals surface area (Å²) in [6, 6.07) is 0. The molecular formula is C10H18O2. The first-order valence-electron chi connectivity index (χ1n) is 4.74. The van der Waals surface area contributed by atoms with Gasteiger partial charge in [-0.3, -0.25) is 4.79 Å². The SMILES string of the molecule is CCCC1C(=O)OCCC1(C)C.